The largest absolute Gasteiger partial charge is 0.411 e. The molecule has 0 saturated carbocycles. The minimum atomic E-state index is -3.71. The first kappa shape index (κ1) is 16.1. The zero-order valence-electron chi connectivity index (χ0n) is 10.6. The van der Waals surface area contributed by atoms with E-state index in [-0.39, 0.29) is 22.7 Å². The van der Waals surface area contributed by atoms with Crippen molar-refractivity contribution < 1.29 is 23.7 Å². The second-order valence-corrected chi connectivity index (χ2v) is 6.39. The first-order valence-electron chi connectivity index (χ1n) is 5.66. The molecule has 8 nitrogen and oxygen atoms in total. The average molecular weight is 302 g/mol. The van der Waals surface area contributed by atoms with Gasteiger partial charge in [0.2, 0.25) is 0 Å². The molecule has 0 bridgehead atoms. The van der Waals surface area contributed by atoms with Crippen LogP contribution < -0.4 is 0 Å². The monoisotopic (exact) mass is 302 g/mol. The van der Waals surface area contributed by atoms with E-state index in [0.29, 0.717) is 0 Å². The molecule has 0 aliphatic heterocycles. The molecule has 1 rings (SSSR count). The highest BCUT2D eigenvalue weighted by molar-refractivity contribution is 7.92. The van der Waals surface area contributed by atoms with Crippen LogP contribution in [0.3, 0.4) is 0 Å². The molecule has 0 unspecified atom stereocenters. The van der Waals surface area contributed by atoms with Gasteiger partial charge in [-0.15, -0.1) is 0 Å². The summed E-state index contributed by atoms with van der Waals surface area (Å²) in [5.74, 6) is -0.258. The second kappa shape index (κ2) is 6.44. The maximum atomic E-state index is 11.8. The van der Waals surface area contributed by atoms with Crippen molar-refractivity contribution in [1.29, 1.82) is 0 Å². The zero-order valence-corrected chi connectivity index (χ0v) is 11.4. The molecule has 1 aromatic rings. The number of nitro groups is 1. The van der Waals surface area contributed by atoms with Crippen molar-refractivity contribution in [2.24, 2.45) is 5.16 Å². The van der Waals surface area contributed by atoms with Gasteiger partial charge in [-0.3, -0.25) is 10.1 Å². The number of aliphatic hydroxyl groups is 1. The van der Waals surface area contributed by atoms with Crippen molar-refractivity contribution in [1.82, 2.24) is 0 Å². The van der Waals surface area contributed by atoms with Crippen LogP contribution in [0.5, 0.6) is 0 Å². The van der Waals surface area contributed by atoms with Crippen molar-refractivity contribution in [2.45, 2.75) is 12.2 Å². The van der Waals surface area contributed by atoms with Gasteiger partial charge in [-0.1, -0.05) is 24.2 Å². The summed E-state index contributed by atoms with van der Waals surface area (Å²) in [7, 11) is -3.71. The molecule has 0 saturated heterocycles. The number of non-ortho nitro benzene ring substituents is 1. The summed E-state index contributed by atoms with van der Waals surface area (Å²) < 4.78 is 23.7. The van der Waals surface area contributed by atoms with E-state index in [0.717, 1.165) is 6.07 Å². The lowest BCUT2D eigenvalue weighted by Gasteiger charge is -2.15. The molecule has 0 aliphatic carbocycles. The van der Waals surface area contributed by atoms with Gasteiger partial charge in [-0.25, -0.2) is 8.42 Å². The predicted octanol–water partition coefficient (Wildman–Crippen LogP) is 0.569. The summed E-state index contributed by atoms with van der Waals surface area (Å²) in [6, 6.07) is 5.02. The fourth-order valence-electron chi connectivity index (χ4n) is 1.66. The summed E-state index contributed by atoms with van der Waals surface area (Å²) in [6.07, 6.45) is 0. The number of benzene rings is 1. The molecule has 0 spiro atoms. The Kier molecular flexibility index (Phi) is 5.17. The minimum absolute atomic E-state index is 0.0674. The first-order chi connectivity index (χ1) is 9.37. The molecule has 0 amide bonds. The standard InChI is InChI=1S/C11H14N2O6S/c1-2-20(18,19)10(7-14)11(12-15)8-4-3-5-9(6-8)13(16)17/h3-6,10,14-15H,2,7H2,1H3/b12-11-/t10-/m0/s1. The Bertz CT molecular complexity index is 626. The van der Waals surface area contributed by atoms with E-state index in [4.69, 9.17) is 5.21 Å². The number of hydrogen-bond acceptors (Lipinski definition) is 7. The summed E-state index contributed by atoms with van der Waals surface area (Å²) in [6.45, 7) is 0.610. The lowest BCUT2D eigenvalue weighted by molar-refractivity contribution is -0.384. The molecule has 0 aromatic heterocycles. The topological polar surface area (TPSA) is 130 Å². The van der Waals surface area contributed by atoms with Gasteiger partial charge in [0.1, 0.15) is 11.0 Å². The molecule has 20 heavy (non-hydrogen) atoms. The normalized spacial score (nSPS) is 14.0. The van der Waals surface area contributed by atoms with Crippen LogP contribution in [0.1, 0.15) is 12.5 Å². The Morgan fingerprint density at radius 2 is 2.15 bits per heavy atom. The maximum Gasteiger partial charge on any atom is 0.270 e. The summed E-state index contributed by atoms with van der Waals surface area (Å²) in [5.41, 5.74) is -0.523. The van der Waals surface area contributed by atoms with Crippen molar-refractivity contribution >= 4 is 21.2 Å². The van der Waals surface area contributed by atoms with Gasteiger partial charge >= 0.3 is 0 Å². The van der Waals surface area contributed by atoms with Gasteiger partial charge < -0.3 is 10.3 Å². The number of oxime groups is 1. The fraction of sp³-hybridized carbons (Fsp3) is 0.364. The molecule has 0 heterocycles. The smallest absolute Gasteiger partial charge is 0.270 e. The maximum absolute atomic E-state index is 11.8. The summed E-state index contributed by atoms with van der Waals surface area (Å²) in [4.78, 5) is 10.0. The first-order valence-corrected chi connectivity index (χ1v) is 7.38. The van der Waals surface area contributed by atoms with E-state index in [1.54, 1.807) is 0 Å². The van der Waals surface area contributed by atoms with Crippen LogP contribution in [0.2, 0.25) is 0 Å². The molecule has 0 radical (unpaired) electrons. The number of rotatable bonds is 6. The number of nitrogens with zero attached hydrogens (tertiary/aromatic N) is 2. The van der Waals surface area contributed by atoms with Gasteiger partial charge in [0.05, 0.1) is 11.5 Å². The molecule has 2 N–H and O–H groups in total. The third-order valence-electron chi connectivity index (χ3n) is 2.77. The van der Waals surface area contributed by atoms with E-state index >= 15 is 0 Å². The molecule has 0 fully saturated rings. The van der Waals surface area contributed by atoms with Crippen LogP contribution in [0, 0.1) is 10.1 Å². The average Bonchev–Trinajstić information content (AvgIpc) is 2.44. The third-order valence-corrected chi connectivity index (χ3v) is 4.81. The van der Waals surface area contributed by atoms with Crippen LogP contribution in [0.25, 0.3) is 0 Å². The number of hydrogen-bond donors (Lipinski definition) is 2. The van der Waals surface area contributed by atoms with E-state index in [9.17, 15) is 23.6 Å². The highest BCUT2D eigenvalue weighted by Crippen LogP contribution is 2.18. The molecule has 1 atom stereocenters. The number of aliphatic hydroxyl groups excluding tert-OH is 1. The SMILES string of the molecule is CCS(=O)(=O)[C@@H](CO)/C(=N\O)c1cccc([N+](=O)[O-])c1. The molecule has 0 aliphatic rings. The van der Waals surface area contributed by atoms with Crippen LogP contribution in [-0.4, -0.2) is 47.0 Å². The van der Waals surface area contributed by atoms with E-state index in [1.165, 1.54) is 25.1 Å². The summed E-state index contributed by atoms with van der Waals surface area (Å²) >= 11 is 0. The molecule has 110 valence electrons. The minimum Gasteiger partial charge on any atom is -0.411 e. The highest BCUT2D eigenvalue weighted by Gasteiger charge is 2.30. The van der Waals surface area contributed by atoms with Gasteiger partial charge in [-0.05, 0) is 0 Å². The van der Waals surface area contributed by atoms with Crippen molar-refractivity contribution in [2.75, 3.05) is 12.4 Å². The Balaban J connectivity index is 3.33. The third kappa shape index (κ3) is 3.31. The Labute approximate surface area is 115 Å². The fourth-order valence-corrected chi connectivity index (χ4v) is 2.81. The summed E-state index contributed by atoms with van der Waals surface area (Å²) in [5, 5.41) is 30.4. The van der Waals surface area contributed by atoms with Crippen molar-refractivity contribution in [3.63, 3.8) is 0 Å². The van der Waals surface area contributed by atoms with Gasteiger partial charge in [0.15, 0.2) is 9.84 Å². The number of sulfone groups is 1. The lowest BCUT2D eigenvalue weighted by Crippen LogP contribution is -2.35. The predicted molar refractivity (Wildman–Crippen MR) is 71.8 cm³/mol. The molecule has 9 heteroatoms. The highest BCUT2D eigenvalue weighted by atomic mass is 32.2. The van der Waals surface area contributed by atoms with E-state index < -0.39 is 26.6 Å². The Morgan fingerprint density at radius 3 is 2.60 bits per heavy atom. The number of nitro benzene ring substituents is 1. The van der Waals surface area contributed by atoms with E-state index in [1.807, 2.05) is 0 Å². The van der Waals surface area contributed by atoms with Gasteiger partial charge in [0.25, 0.3) is 5.69 Å². The second-order valence-electron chi connectivity index (χ2n) is 3.92. The Morgan fingerprint density at radius 1 is 1.50 bits per heavy atom. The van der Waals surface area contributed by atoms with E-state index in [2.05, 4.69) is 5.16 Å². The van der Waals surface area contributed by atoms with Crippen LogP contribution >= 0.6 is 0 Å². The van der Waals surface area contributed by atoms with Crippen LogP contribution in [0.4, 0.5) is 5.69 Å². The quantitative estimate of drug-likeness (QED) is 0.342. The van der Waals surface area contributed by atoms with Gasteiger partial charge in [-0.2, -0.15) is 0 Å². The van der Waals surface area contributed by atoms with Crippen molar-refractivity contribution in [3.8, 4) is 0 Å². The van der Waals surface area contributed by atoms with Crippen LogP contribution in [-0.2, 0) is 9.84 Å². The molecular formula is C11H14N2O6S. The van der Waals surface area contributed by atoms with Crippen molar-refractivity contribution in [3.05, 3.63) is 39.9 Å². The molecular weight excluding hydrogens is 288 g/mol. The van der Waals surface area contributed by atoms with Crippen LogP contribution in [0.15, 0.2) is 29.4 Å². The zero-order chi connectivity index (χ0) is 15.3. The lowest BCUT2D eigenvalue weighted by atomic mass is 10.1. The van der Waals surface area contributed by atoms with Gasteiger partial charge in [0, 0.05) is 23.4 Å². The Hall–Kier alpha value is -2.00. The molecule has 1 aromatic carbocycles.